The second kappa shape index (κ2) is 3.43. The Morgan fingerprint density at radius 3 is 2.92 bits per heavy atom. The minimum Gasteiger partial charge on any atom is -0.316 e. The van der Waals surface area contributed by atoms with E-state index in [1.807, 2.05) is 11.3 Å². The summed E-state index contributed by atoms with van der Waals surface area (Å²) in [4.78, 5) is 1.58. The molecule has 1 aliphatic heterocycles. The molecule has 1 saturated heterocycles. The zero-order valence-corrected chi connectivity index (χ0v) is 9.21. The van der Waals surface area contributed by atoms with Crippen LogP contribution in [0, 0.1) is 6.92 Å². The van der Waals surface area contributed by atoms with Crippen LogP contribution in [0.2, 0.25) is 0 Å². The minimum absolute atomic E-state index is 0.399. The Morgan fingerprint density at radius 2 is 2.38 bits per heavy atom. The second-order valence-corrected chi connectivity index (χ2v) is 5.19. The zero-order valence-electron chi connectivity index (χ0n) is 8.39. The highest BCUT2D eigenvalue weighted by atomic mass is 32.1. The molecule has 0 amide bonds. The van der Waals surface area contributed by atoms with E-state index in [1.165, 1.54) is 24.9 Å². The van der Waals surface area contributed by atoms with E-state index in [0.29, 0.717) is 5.41 Å². The molecule has 1 aliphatic rings. The standard InChI is InChI=1S/C11H17NS/c1-9-4-7-13-10(9)11(2)5-3-6-12-8-11/h4,7,12H,3,5-6,8H2,1-2H3. The lowest BCUT2D eigenvalue weighted by Crippen LogP contribution is -2.40. The van der Waals surface area contributed by atoms with Crippen LogP contribution in [-0.4, -0.2) is 13.1 Å². The fraction of sp³-hybridized carbons (Fsp3) is 0.636. The van der Waals surface area contributed by atoms with Crippen LogP contribution in [0.1, 0.15) is 30.2 Å². The maximum absolute atomic E-state index is 3.50. The average molecular weight is 195 g/mol. The molecule has 1 N–H and O–H groups in total. The quantitative estimate of drug-likeness (QED) is 0.726. The first-order chi connectivity index (χ1) is 6.22. The van der Waals surface area contributed by atoms with E-state index in [-0.39, 0.29) is 0 Å². The van der Waals surface area contributed by atoms with Crippen LogP contribution in [0.25, 0.3) is 0 Å². The first kappa shape index (κ1) is 9.22. The van der Waals surface area contributed by atoms with E-state index in [2.05, 4.69) is 30.6 Å². The van der Waals surface area contributed by atoms with Crippen molar-refractivity contribution in [1.82, 2.24) is 5.32 Å². The van der Waals surface area contributed by atoms with Crippen LogP contribution in [0.5, 0.6) is 0 Å². The van der Waals surface area contributed by atoms with Gasteiger partial charge in [0.05, 0.1) is 0 Å². The van der Waals surface area contributed by atoms with Gasteiger partial charge in [0, 0.05) is 16.8 Å². The average Bonchev–Trinajstić information content (AvgIpc) is 2.53. The number of rotatable bonds is 1. The Labute approximate surface area is 84.2 Å². The molecule has 1 nitrogen and oxygen atoms in total. The lowest BCUT2D eigenvalue weighted by Gasteiger charge is -2.34. The first-order valence-electron chi connectivity index (χ1n) is 4.98. The lowest BCUT2D eigenvalue weighted by atomic mass is 9.80. The number of aryl methyl sites for hydroxylation is 1. The highest BCUT2D eigenvalue weighted by Crippen LogP contribution is 2.35. The van der Waals surface area contributed by atoms with Crippen molar-refractivity contribution in [2.75, 3.05) is 13.1 Å². The van der Waals surface area contributed by atoms with Crippen molar-refractivity contribution in [1.29, 1.82) is 0 Å². The third-order valence-corrected chi connectivity index (χ3v) is 4.33. The maximum Gasteiger partial charge on any atom is 0.0147 e. The predicted octanol–water partition coefficient (Wildman–Crippen LogP) is 2.70. The first-order valence-corrected chi connectivity index (χ1v) is 5.86. The topological polar surface area (TPSA) is 12.0 Å². The van der Waals surface area contributed by atoms with Crippen molar-refractivity contribution < 1.29 is 0 Å². The summed E-state index contributed by atoms with van der Waals surface area (Å²) < 4.78 is 0. The molecule has 2 heterocycles. The molecule has 0 radical (unpaired) electrons. The second-order valence-electron chi connectivity index (χ2n) is 4.27. The Bertz CT molecular complexity index is 284. The molecule has 0 aromatic carbocycles. The Balaban J connectivity index is 2.27. The van der Waals surface area contributed by atoms with Gasteiger partial charge in [-0.15, -0.1) is 11.3 Å². The van der Waals surface area contributed by atoms with E-state index in [4.69, 9.17) is 0 Å². The van der Waals surface area contributed by atoms with Gasteiger partial charge in [0.25, 0.3) is 0 Å². The van der Waals surface area contributed by atoms with Gasteiger partial charge in [-0.2, -0.15) is 0 Å². The van der Waals surface area contributed by atoms with Crippen molar-refractivity contribution in [3.05, 3.63) is 21.9 Å². The number of nitrogens with one attached hydrogen (secondary N) is 1. The predicted molar refractivity (Wildman–Crippen MR) is 58.5 cm³/mol. The highest BCUT2D eigenvalue weighted by Gasteiger charge is 2.30. The third-order valence-electron chi connectivity index (χ3n) is 3.01. The molecule has 1 atom stereocenters. The molecule has 13 heavy (non-hydrogen) atoms. The van der Waals surface area contributed by atoms with Crippen molar-refractivity contribution in [2.45, 2.75) is 32.1 Å². The maximum atomic E-state index is 3.50. The Morgan fingerprint density at radius 1 is 1.54 bits per heavy atom. The number of hydrogen-bond acceptors (Lipinski definition) is 2. The summed E-state index contributed by atoms with van der Waals surface area (Å²) in [5, 5.41) is 5.71. The third kappa shape index (κ3) is 1.65. The minimum atomic E-state index is 0.399. The molecule has 0 bridgehead atoms. The number of thiophene rings is 1. The Hall–Kier alpha value is -0.340. The van der Waals surface area contributed by atoms with Crippen LogP contribution in [-0.2, 0) is 5.41 Å². The van der Waals surface area contributed by atoms with E-state index in [0.717, 1.165) is 6.54 Å². The monoisotopic (exact) mass is 195 g/mol. The molecular weight excluding hydrogens is 178 g/mol. The summed E-state index contributed by atoms with van der Waals surface area (Å²) in [7, 11) is 0. The van der Waals surface area contributed by atoms with E-state index < -0.39 is 0 Å². The SMILES string of the molecule is Cc1ccsc1C1(C)CCCNC1. The smallest absolute Gasteiger partial charge is 0.0147 e. The van der Waals surface area contributed by atoms with Gasteiger partial charge in [-0.25, -0.2) is 0 Å². The van der Waals surface area contributed by atoms with Crippen molar-refractivity contribution in [3.8, 4) is 0 Å². The van der Waals surface area contributed by atoms with Crippen LogP contribution >= 0.6 is 11.3 Å². The van der Waals surface area contributed by atoms with E-state index >= 15 is 0 Å². The van der Waals surface area contributed by atoms with Gasteiger partial charge in [0.2, 0.25) is 0 Å². The van der Waals surface area contributed by atoms with Crippen LogP contribution in [0.3, 0.4) is 0 Å². The molecule has 1 fully saturated rings. The molecule has 0 saturated carbocycles. The van der Waals surface area contributed by atoms with Gasteiger partial charge in [0.15, 0.2) is 0 Å². The van der Waals surface area contributed by atoms with Gasteiger partial charge >= 0.3 is 0 Å². The van der Waals surface area contributed by atoms with E-state index in [9.17, 15) is 0 Å². The normalized spacial score (nSPS) is 29.1. The molecule has 0 spiro atoms. The molecule has 1 aromatic rings. The highest BCUT2D eigenvalue weighted by molar-refractivity contribution is 7.10. The fourth-order valence-corrected chi connectivity index (χ4v) is 3.36. The molecule has 1 unspecified atom stereocenters. The largest absolute Gasteiger partial charge is 0.316 e. The van der Waals surface area contributed by atoms with Crippen LogP contribution < -0.4 is 5.32 Å². The summed E-state index contributed by atoms with van der Waals surface area (Å²) in [5.41, 5.74) is 1.87. The lowest BCUT2D eigenvalue weighted by molar-refractivity contribution is 0.344. The molecular formula is C11H17NS. The summed E-state index contributed by atoms with van der Waals surface area (Å²) in [6.45, 7) is 6.96. The molecule has 2 heteroatoms. The number of hydrogen-bond donors (Lipinski definition) is 1. The molecule has 0 aliphatic carbocycles. The number of piperidine rings is 1. The van der Waals surface area contributed by atoms with Crippen LogP contribution in [0.4, 0.5) is 0 Å². The van der Waals surface area contributed by atoms with Crippen molar-refractivity contribution in [2.24, 2.45) is 0 Å². The van der Waals surface area contributed by atoms with E-state index in [1.54, 1.807) is 4.88 Å². The van der Waals surface area contributed by atoms with Crippen molar-refractivity contribution in [3.63, 3.8) is 0 Å². The van der Waals surface area contributed by atoms with Gasteiger partial charge in [-0.05, 0) is 43.3 Å². The summed E-state index contributed by atoms with van der Waals surface area (Å²) in [6.07, 6.45) is 2.65. The summed E-state index contributed by atoms with van der Waals surface area (Å²) >= 11 is 1.91. The van der Waals surface area contributed by atoms with Crippen molar-refractivity contribution >= 4 is 11.3 Å². The van der Waals surface area contributed by atoms with Gasteiger partial charge < -0.3 is 5.32 Å². The molecule has 72 valence electrons. The molecule has 1 aromatic heterocycles. The summed E-state index contributed by atoms with van der Waals surface area (Å²) in [6, 6.07) is 2.24. The molecule has 2 rings (SSSR count). The van der Waals surface area contributed by atoms with Gasteiger partial charge in [-0.3, -0.25) is 0 Å². The summed E-state index contributed by atoms with van der Waals surface area (Å²) in [5.74, 6) is 0. The fourth-order valence-electron chi connectivity index (χ4n) is 2.24. The van der Waals surface area contributed by atoms with Gasteiger partial charge in [0.1, 0.15) is 0 Å². The van der Waals surface area contributed by atoms with Gasteiger partial charge in [-0.1, -0.05) is 6.92 Å². The Kier molecular flexibility index (Phi) is 2.43. The van der Waals surface area contributed by atoms with Crippen LogP contribution in [0.15, 0.2) is 11.4 Å². The zero-order chi connectivity index (χ0) is 9.31.